The second-order valence-electron chi connectivity index (χ2n) is 5.94. The number of hydrogen-bond donors (Lipinski definition) is 2. The van der Waals surface area contributed by atoms with Gasteiger partial charge in [-0.05, 0) is 17.8 Å². The molecule has 110 valence electrons. The first-order chi connectivity index (χ1) is 8.81. The Balaban J connectivity index is 2.74. The molecule has 1 rings (SSSR count). The van der Waals surface area contributed by atoms with E-state index >= 15 is 0 Å². The Morgan fingerprint density at radius 2 is 1.79 bits per heavy atom. The fraction of sp³-hybridized carbons (Fsp3) is 0.846. The SMILES string of the molecule is C[C@@H]1CC(C)(C)[C@H](CNC(=O)CCl)[C@@H]1NC(=O)CCl. The van der Waals surface area contributed by atoms with Gasteiger partial charge in [-0.2, -0.15) is 0 Å². The van der Waals surface area contributed by atoms with E-state index in [1.807, 2.05) is 0 Å². The minimum atomic E-state index is -0.181. The third-order valence-electron chi connectivity index (χ3n) is 3.99. The maximum absolute atomic E-state index is 11.5. The van der Waals surface area contributed by atoms with E-state index in [9.17, 15) is 9.59 Å². The number of alkyl halides is 2. The highest BCUT2D eigenvalue weighted by Gasteiger charge is 2.46. The average Bonchev–Trinajstić information content (AvgIpc) is 2.56. The Morgan fingerprint density at radius 3 is 2.32 bits per heavy atom. The minimum Gasteiger partial charge on any atom is -0.355 e. The van der Waals surface area contributed by atoms with Crippen molar-refractivity contribution in [2.75, 3.05) is 18.3 Å². The van der Waals surface area contributed by atoms with Crippen LogP contribution in [0.3, 0.4) is 0 Å². The number of carbonyl (C=O) groups is 2. The standard InChI is InChI=1S/C13H22Cl2N2O2/c1-8-4-13(2,3)9(7-16-10(18)5-14)12(8)17-11(19)6-15/h8-9,12H,4-7H2,1-3H3,(H,16,18)(H,17,19)/t8-,9-,12-/m1/s1. The molecule has 3 atom stereocenters. The van der Waals surface area contributed by atoms with Crippen molar-refractivity contribution in [3.8, 4) is 0 Å². The lowest BCUT2D eigenvalue weighted by Crippen LogP contribution is -2.47. The Morgan fingerprint density at radius 1 is 1.21 bits per heavy atom. The van der Waals surface area contributed by atoms with Crippen molar-refractivity contribution >= 4 is 35.0 Å². The molecule has 1 aliphatic rings. The highest BCUT2D eigenvalue weighted by molar-refractivity contribution is 6.27. The summed E-state index contributed by atoms with van der Waals surface area (Å²) in [5, 5.41) is 5.79. The van der Waals surface area contributed by atoms with Gasteiger partial charge in [0, 0.05) is 18.5 Å². The summed E-state index contributed by atoms with van der Waals surface area (Å²) >= 11 is 11.0. The first-order valence-corrected chi connectivity index (χ1v) is 7.56. The van der Waals surface area contributed by atoms with E-state index in [1.54, 1.807) is 0 Å². The molecule has 0 aliphatic heterocycles. The Bertz CT molecular complexity index is 348. The predicted octanol–water partition coefficient (Wildman–Crippen LogP) is 1.75. The quantitative estimate of drug-likeness (QED) is 0.760. The van der Waals surface area contributed by atoms with Gasteiger partial charge in [0.1, 0.15) is 11.8 Å². The summed E-state index contributed by atoms with van der Waals surface area (Å²) in [6, 6.07) is 0.0388. The van der Waals surface area contributed by atoms with Crippen LogP contribution in [0, 0.1) is 17.3 Å². The topological polar surface area (TPSA) is 58.2 Å². The van der Waals surface area contributed by atoms with Gasteiger partial charge in [-0.15, -0.1) is 23.2 Å². The zero-order valence-corrected chi connectivity index (χ0v) is 13.1. The normalized spacial score (nSPS) is 29.0. The van der Waals surface area contributed by atoms with Gasteiger partial charge in [0.2, 0.25) is 11.8 Å². The zero-order valence-electron chi connectivity index (χ0n) is 11.6. The Kier molecular flexibility index (Phi) is 5.93. The molecule has 1 aliphatic carbocycles. The van der Waals surface area contributed by atoms with Crippen LogP contribution in [0.5, 0.6) is 0 Å². The van der Waals surface area contributed by atoms with Gasteiger partial charge in [0.05, 0.1) is 0 Å². The van der Waals surface area contributed by atoms with Crippen LogP contribution >= 0.6 is 23.2 Å². The first kappa shape index (κ1) is 16.6. The van der Waals surface area contributed by atoms with Crippen LogP contribution in [0.2, 0.25) is 0 Å². The summed E-state index contributed by atoms with van der Waals surface area (Å²) in [6.45, 7) is 6.96. The fourth-order valence-electron chi connectivity index (χ4n) is 3.13. The number of amides is 2. The van der Waals surface area contributed by atoms with Crippen molar-refractivity contribution in [3.63, 3.8) is 0 Å². The molecular weight excluding hydrogens is 287 g/mol. The smallest absolute Gasteiger partial charge is 0.235 e. The number of nitrogens with one attached hydrogen (secondary N) is 2. The van der Waals surface area contributed by atoms with Crippen molar-refractivity contribution in [1.82, 2.24) is 10.6 Å². The summed E-state index contributed by atoms with van der Waals surface area (Å²) < 4.78 is 0. The van der Waals surface area contributed by atoms with Crippen LogP contribution in [0.15, 0.2) is 0 Å². The molecule has 0 bridgehead atoms. The van der Waals surface area contributed by atoms with Crippen molar-refractivity contribution < 1.29 is 9.59 Å². The van der Waals surface area contributed by atoms with Crippen LogP contribution in [-0.4, -0.2) is 36.2 Å². The number of carbonyl (C=O) groups excluding carboxylic acids is 2. The van der Waals surface area contributed by atoms with Gasteiger partial charge in [-0.25, -0.2) is 0 Å². The molecule has 2 N–H and O–H groups in total. The molecule has 6 heteroatoms. The molecule has 1 fully saturated rings. The van der Waals surface area contributed by atoms with Crippen LogP contribution in [0.25, 0.3) is 0 Å². The third-order valence-corrected chi connectivity index (χ3v) is 4.47. The zero-order chi connectivity index (χ0) is 14.6. The minimum absolute atomic E-state index is 0.0373. The number of halogens is 2. The summed E-state index contributed by atoms with van der Waals surface area (Å²) in [5.74, 6) is 0.123. The molecule has 0 aromatic heterocycles. The number of rotatable bonds is 5. The maximum atomic E-state index is 11.5. The lowest BCUT2D eigenvalue weighted by atomic mass is 9.80. The van der Waals surface area contributed by atoms with E-state index in [4.69, 9.17) is 23.2 Å². The molecule has 0 aromatic carbocycles. The molecule has 0 heterocycles. The van der Waals surface area contributed by atoms with Crippen molar-refractivity contribution in [2.45, 2.75) is 33.2 Å². The van der Waals surface area contributed by atoms with Gasteiger partial charge in [-0.3, -0.25) is 9.59 Å². The Hall–Kier alpha value is -0.480. The van der Waals surface area contributed by atoms with Crippen LogP contribution < -0.4 is 10.6 Å². The third kappa shape index (κ3) is 4.25. The van der Waals surface area contributed by atoms with Crippen molar-refractivity contribution in [2.24, 2.45) is 17.3 Å². The molecule has 4 nitrogen and oxygen atoms in total. The summed E-state index contributed by atoms with van der Waals surface area (Å²) in [4.78, 5) is 22.8. The fourth-order valence-corrected chi connectivity index (χ4v) is 3.30. The molecule has 1 saturated carbocycles. The van der Waals surface area contributed by atoms with E-state index in [-0.39, 0.29) is 40.9 Å². The van der Waals surface area contributed by atoms with Crippen LogP contribution in [0.1, 0.15) is 27.2 Å². The molecule has 0 radical (unpaired) electrons. The highest BCUT2D eigenvalue weighted by atomic mass is 35.5. The van der Waals surface area contributed by atoms with Crippen LogP contribution in [0.4, 0.5) is 0 Å². The largest absolute Gasteiger partial charge is 0.355 e. The second-order valence-corrected chi connectivity index (χ2v) is 6.48. The highest BCUT2D eigenvalue weighted by Crippen LogP contribution is 2.45. The van der Waals surface area contributed by atoms with E-state index < -0.39 is 0 Å². The molecule has 0 saturated heterocycles. The monoisotopic (exact) mass is 308 g/mol. The molecular formula is C13H22Cl2N2O2. The molecule has 0 aromatic rings. The van der Waals surface area contributed by atoms with E-state index in [1.165, 1.54) is 0 Å². The van der Waals surface area contributed by atoms with Crippen LogP contribution in [-0.2, 0) is 9.59 Å². The summed E-state index contributed by atoms with van der Waals surface area (Å²) in [6.07, 6.45) is 1.00. The molecule has 0 spiro atoms. The van der Waals surface area contributed by atoms with Crippen molar-refractivity contribution in [1.29, 1.82) is 0 Å². The van der Waals surface area contributed by atoms with E-state index in [0.717, 1.165) is 6.42 Å². The van der Waals surface area contributed by atoms with Gasteiger partial charge in [-0.1, -0.05) is 20.8 Å². The summed E-state index contributed by atoms with van der Waals surface area (Å²) in [5.41, 5.74) is 0.0588. The Labute approximate surface area is 124 Å². The molecule has 2 amide bonds. The summed E-state index contributed by atoms with van der Waals surface area (Å²) in [7, 11) is 0. The lowest BCUT2D eigenvalue weighted by molar-refractivity contribution is -0.119. The van der Waals surface area contributed by atoms with Gasteiger partial charge in [0.15, 0.2) is 0 Å². The maximum Gasteiger partial charge on any atom is 0.235 e. The number of hydrogen-bond acceptors (Lipinski definition) is 2. The first-order valence-electron chi connectivity index (χ1n) is 6.49. The van der Waals surface area contributed by atoms with Gasteiger partial charge < -0.3 is 10.6 Å². The average molecular weight is 309 g/mol. The second kappa shape index (κ2) is 6.80. The molecule has 19 heavy (non-hydrogen) atoms. The van der Waals surface area contributed by atoms with Gasteiger partial charge in [0.25, 0.3) is 0 Å². The molecule has 0 unspecified atom stereocenters. The van der Waals surface area contributed by atoms with Gasteiger partial charge >= 0.3 is 0 Å². The predicted molar refractivity (Wildman–Crippen MR) is 77.4 cm³/mol. The van der Waals surface area contributed by atoms with E-state index in [0.29, 0.717) is 12.5 Å². The van der Waals surface area contributed by atoms with Crippen molar-refractivity contribution in [3.05, 3.63) is 0 Å². The van der Waals surface area contributed by atoms with E-state index in [2.05, 4.69) is 31.4 Å². The lowest BCUT2D eigenvalue weighted by Gasteiger charge is -2.31.